The number of nitrogens with one attached hydrogen (secondary N) is 1. The van der Waals surface area contributed by atoms with Crippen LogP contribution in [0.3, 0.4) is 0 Å². The van der Waals surface area contributed by atoms with Crippen LogP contribution in [0.2, 0.25) is 5.02 Å². The van der Waals surface area contributed by atoms with Crippen molar-refractivity contribution in [1.29, 1.82) is 0 Å². The SMILES string of the molecule is O=C(Nc1ccc(OC[C@@H](O)CO)nc1)N1c2nc(-c3cccc(C(F)(F)F)c3)c(Cl)cc2N2CCC[C@H]1C2. The van der Waals surface area contributed by atoms with Gasteiger partial charge in [0.15, 0.2) is 5.82 Å². The average Bonchev–Trinajstić information content (AvgIpc) is 2.92. The van der Waals surface area contributed by atoms with Gasteiger partial charge >= 0.3 is 12.2 Å². The molecule has 13 heteroatoms. The summed E-state index contributed by atoms with van der Waals surface area (Å²) in [7, 11) is 0. The van der Waals surface area contributed by atoms with Crippen molar-refractivity contribution >= 4 is 34.8 Å². The maximum Gasteiger partial charge on any atom is 0.416 e. The monoisotopic (exact) mass is 563 g/mol. The van der Waals surface area contributed by atoms with Crippen molar-refractivity contribution in [1.82, 2.24) is 9.97 Å². The van der Waals surface area contributed by atoms with Crippen LogP contribution in [0.4, 0.5) is 35.2 Å². The summed E-state index contributed by atoms with van der Waals surface area (Å²) in [5.74, 6) is 0.514. The van der Waals surface area contributed by atoms with Crippen molar-refractivity contribution in [3.05, 3.63) is 59.2 Å². The summed E-state index contributed by atoms with van der Waals surface area (Å²) in [6.07, 6.45) is -2.61. The number of aliphatic hydroxyl groups is 2. The Morgan fingerprint density at radius 3 is 2.79 bits per heavy atom. The number of piperidine rings is 1. The van der Waals surface area contributed by atoms with Gasteiger partial charge in [-0.3, -0.25) is 4.90 Å². The minimum atomic E-state index is -4.53. The molecule has 0 saturated carbocycles. The summed E-state index contributed by atoms with van der Waals surface area (Å²) in [5.41, 5.74) is 0.521. The Bertz CT molecular complexity index is 1360. The number of urea groups is 1. The average molecular weight is 564 g/mol. The van der Waals surface area contributed by atoms with Crippen molar-refractivity contribution in [2.75, 3.05) is 41.4 Å². The van der Waals surface area contributed by atoms with E-state index in [4.69, 9.17) is 21.4 Å². The second kappa shape index (κ2) is 10.9. The number of carbonyl (C=O) groups excluding carboxylic acids is 1. The van der Waals surface area contributed by atoms with Gasteiger partial charge in [0.25, 0.3) is 0 Å². The summed E-state index contributed by atoms with van der Waals surface area (Å²) >= 11 is 6.53. The number of pyridine rings is 2. The van der Waals surface area contributed by atoms with E-state index in [0.29, 0.717) is 23.7 Å². The molecule has 2 atom stereocenters. The molecule has 39 heavy (non-hydrogen) atoms. The van der Waals surface area contributed by atoms with Crippen LogP contribution in [0, 0.1) is 0 Å². The van der Waals surface area contributed by atoms with Crippen molar-refractivity contribution in [3.63, 3.8) is 0 Å². The van der Waals surface area contributed by atoms with Gasteiger partial charge in [0, 0.05) is 24.7 Å². The number of alkyl halides is 3. The third-order valence-electron chi connectivity index (χ3n) is 6.57. The quantitative estimate of drug-likeness (QED) is 0.403. The van der Waals surface area contributed by atoms with Crippen molar-refractivity contribution < 1.29 is 32.9 Å². The van der Waals surface area contributed by atoms with Crippen LogP contribution in [0.1, 0.15) is 18.4 Å². The van der Waals surface area contributed by atoms with Gasteiger partial charge in [-0.05, 0) is 37.1 Å². The molecule has 9 nitrogen and oxygen atoms in total. The normalized spacial score (nSPS) is 17.4. The number of aliphatic hydroxyl groups excluding tert-OH is 2. The number of carbonyl (C=O) groups is 1. The summed E-state index contributed by atoms with van der Waals surface area (Å²) < 4.78 is 45.3. The lowest BCUT2D eigenvalue weighted by Crippen LogP contribution is -2.56. The molecule has 2 aliphatic heterocycles. The Morgan fingerprint density at radius 1 is 1.26 bits per heavy atom. The van der Waals surface area contributed by atoms with E-state index in [2.05, 4.69) is 20.2 Å². The number of benzene rings is 1. The number of amides is 2. The van der Waals surface area contributed by atoms with Gasteiger partial charge in [-0.1, -0.05) is 23.7 Å². The van der Waals surface area contributed by atoms with E-state index in [1.165, 1.54) is 29.3 Å². The number of ether oxygens (including phenoxy) is 1. The van der Waals surface area contributed by atoms with Crippen LogP contribution in [0.5, 0.6) is 5.88 Å². The van der Waals surface area contributed by atoms with Crippen molar-refractivity contribution in [2.45, 2.75) is 31.2 Å². The first kappa shape index (κ1) is 27.0. The van der Waals surface area contributed by atoms with E-state index in [9.17, 15) is 23.1 Å². The van der Waals surface area contributed by atoms with Crippen molar-refractivity contribution in [3.8, 4) is 17.1 Å². The van der Waals surface area contributed by atoms with Crippen LogP contribution in [0.25, 0.3) is 11.3 Å². The molecule has 3 aromatic rings. The lowest BCUT2D eigenvalue weighted by molar-refractivity contribution is -0.137. The van der Waals surface area contributed by atoms with E-state index >= 15 is 0 Å². The Balaban J connectivity index is 1.45. The summed E-state index contributed by atoms with van der Waals surface area (Å²) in [6.45, 7) is 0.731. The molecule has 0 radical (unpaired) electrons. The molecule has 1 fully saturated rings. The first-order chi connectivity index (χ1) is 18.6. The van der Waals surface area contributed by atoms with E-state index < -0.39 is 30.5 Å². The zero-order valence-corrected chi connectivity index (χ0v) is 21.3. The van der Waals surface area contributed by atoms with Gasteiger partial charge in [-0.15, -0.1) is 0 Å². The molecule has 3 N–H and O–H groups in total. The fraction of sp³-hybridized carbons (Fsp3) is 0.346. The molecule has 2 aromatic heterocycles. The largest absolute Gasteiger partial charge is 0.475 e. The molecule has 206 valence electrons. The number of nitrogens with zero attached hydrogens (tertiary/aromatic N) is 4. The Kier molecular flexibility index (Phi) is 7.52. The minimum absolute atomic E-state index is 0.139. The van der Waals surface area contributed by atoms with Crippen molar-refractivity contribution in [2.24, 2.45) is 0 Å². The van der Waals surface area contributed by atoms with E-state index in [1.54, 1.807) is 12.1 Å². The minimum Gasteiger partial charge on any atom is -0.475 e. The number of aromatic nitrogens is 2. The van der Waals surface area contributed by atoms with E-state index in [-0.39, 0.29) is 34.8 Å². The second-order valence-corrected chi connectivity index (χ2v) is 9.72. The number of hydrogen-bond acceptors (Lipinski definition) is 7. The highest BCUT2D eigenvalue weighted by Gasteiger charge is 2.39. The molecule has 1 saturated heterocycles. The third kappa shape index (κ3) is 5.72. The first-order valence-electron chi connectivity index (χ1n) is 12.2. The van der Waals surface area contributed by atoms with Crippen LogP contribution in [-0.4, -0.2) is 64.7 Å². The fourth-order valence-electron chi connectivity index (χ4n) is 4.70. The van der Waals surface area contributed by atoms with E-state index in [0.717, 1.165) is 31.5 Å². The van der Waals surface area contributed by atoms with Gasteiger partial charge < -0.3 is 25.2 Å². The molecule has 2 bridgehead atoms. The molecule has 2 amide bonds. The Labute approximate surface area is 226 Å². The predicted molar refractivity (Wildman–Crippen MR) is 139 cm³/mol. The summed E-state index contributed by atoms with van der Waals surface area (Å²) in [4.78, 5) is 25.9. The lowest BCUT2D eigenvalue weighted by atomic mass is 9.99. The third-order valence-corrected chi connectivity index (χ3v) is 6.86. The zero-order chi connectivity index (χ0) is 27.7. The number of fused-ring (bicyclic) bond motifs is 4. The van der Waals surface area contributed by atoms with Gasteiger partial charge in [0.2, 0.25) is 5.88 Å². The highest BCUT2D eigenvalue weighted by Crippen LogP contribution is 2.43. The smallest absolute Gasteiger partial charge is 0.416 e. The van der Waals surface area contributed by atoms with Crippen LogP contribution < -0.4 is 19.9 Å². The van der Waals surface area contributed by atoms with Gasteiger partial charge in [-0.25, -0.2) is 14.8 Å². The van der Waals surface area contributed by atoms with Gasteiger partial charge in [0.1, 0.15) is 12.7 Å². The van der Waals surface area contributed by atoms with Crippen LogP contribution >= 0.6 is 11.6 Å². The van der Waals surface area contributed by atoms with Gasteiger partial charge in [0.05, 0.1) is 46.5 Å². The molecular formula is C26H25ClF3N5O4. The molecule has 0 spiro atoms. The highest BCUT2D eigenvalue weighted by atomic mass is 35.5. The number of rotatable bonds is 6. The van der Waals surface area contributed by atoms with Crippen LogP contribution in [-0.2, 0) is 6.18 Å². The Hall–Kier alpha value is -3.61. The molecular weight excluding hydrogens is 539 g/mol. The van der Waals surface area contributed by atoms with E-state index in [1.807, 2.05) is 0 Å². The molecule has 1 aromatic carbocycles. The predicted octanol–water partition coefficient (Wildman–Crippen LogP) is 4.57. The molecule has 5 rings (SSSR count). The topological polar surface area (TPSA) is 111 Å². The highest BCUT2D eigenvalue weighted by molar-refractivity contribution is 6.33. The number of hydrogen-bond donors (Lipinski definition) is 3. The molecule has 0 aliphatic carbocycles. The second-order valence-electron chi connectivity index (χ2n) is 9.31. The number of halogens is 4. The van der Waals surface area contributed by atoms with Gasteiger partial charge in [-0.2, -0.15) is 13.2 Å². The summed E-state index contributed by atoms with van der Waals surface area (Å²) in [6, 6.07) is 8.82. The zero-order valence-electron chi connectivity index (χ0n) is 20.5. The maximum atomic E-state index is 13.5. The number of anilines is 3. The first-order valence-corrected chi connectivity index (χ1v) is 12.6. The molecule has 4 heterocycles. The molecule has 0 unspecified atom stereocenters. The molecule has 2 aliphatic rings. The fourth-order valence-corrected chi connectivity index (χ4v) is 4.96. The Morgan fingerprint density at radius 2 is 2.08 bits per heavy atom. The maximum absolute atomic E-state index is 13.5. The summed E-state index contributed by atoms with van der Waals surface area (Å²) in [5, 5.41) is 21.3. The lowest BCUT2D eigenvalue weighted by Gasteiger charge is -2.46. The van der Waals surface area contributed by atoms with Crippen LogP contribution in [0.15, 0.2) is 48.7 Å². The standard InChI is InChI=1S/C26H25ClF3N5O4/c27-20-10-21-24(33-23(20)15-3-1-4-16(9-15)26(28,29)30)35(18-5-2-8-34(21)12-18)25(38)32-17-6-7-22(31-11-17)39-14-19(37)13-36/h1,3-4,6-7,9-11,18-19,36-37H,2,5,8,12-14H2,(H,32,38)/t18-,19-/m0/s1.